The van der Waals surface area contributed by atoms with Crippen LogP contribution in [0.15, 0.2) is 17.1 Å². The highest BCUT2D eigenvalue weighted by molar-refractivity contribution is 9.10. The van der Waals surface area contributed by atoms with Crippen molar-refractivity contribution in [1.82, 2.24) is 9.55 Å². The Balaban J connectivity index is 0.000000810. The Morgan fingerprint density at radius 1 is 1.60 bits per heavy atom. The lowest BCUT2D eigenvalue weighted by atomic mass is 10.4. The first-order valence-corrected chi connectivity index (χ1v) is 3.69. The molecule has 0 unspecified atom stereocenters. The van der Waals surface area contributed by atoms with Crippen LogP contribution in [0.3, 0.4) is 0 Å². The molecule has 0 saturated carbocycles. The number of imidazole rings is 1. The summed E-state index contributed by atoms with van der Waals surface area (Å²) in [6.07, 6.45) is 3.73. The van der Waals surface area contributed by atoms with Gasteiger partial charge in [-0.25, -0.2) is 4.98 Å². The molecule has 1 aromatic rings. The summed E-state index contributed by atoms with van der Waals surface area (Å²) in [5, 5.41) is 0. The molecular weight excluding hydrogens is 215 g/mol. The van der Waals surface area contributed by atoms with Crippen LogP contribution in [0.1, 0.15) is 19.9 Å². The largest absolute Gasteiger partial charge is 0.323 e. The molecular formula is C6H10BrClN2. The van der Waals surface area contributed by atoms with Gasteiger partial charge >= 0.3 is 0 Å². The second-order valence-electron chi connectivity index (χ2n) is 2.20. The summed E-state index contributed by atoms with van der Waals surface area (Å²) in [7, 11) is 0. The lowest BCUT2D eigenvalue weighted by molar-refractivity contribution is 0.587. The van der Waals surface area contributed by atoms with Crippen molar-refractivity contribution in [3.63, 3.8) is 0 Å². The van der Waals surface area contributed by atoms with Gasteiger partial charge in [0.25, 0.3) is 0 Å². The van der Waals surface area contributed by atoms with Crippen molar-refractivity contribution < 1.29 is 0 Å². The van der Waals surface area contributed by atoms with E-state index in [1.165, 1.54) is 0 Å². The molecule has 0 fully saturated rings. The van der Waals surface area contributed by atoms with Crippen LogP contribution < -0.4 is 0 Å². The summed E-state index contributed by atoms with van der Waals surface area (Å²) in [6.45, 7) is 4.24. The quantitative estimate of drug-likeness (QED) is 0.718. The Kier molecular flexibility index (Phi) is 3.98. The smallest absolute Gasteiger partial charge is 0.177 e. The van der Waals surface area contributed by atoms with E-state index in [4.69, 9.17) is 0 Å². The summed E-state index contributed by atoms with van der Waals surface area (Å²) in [6, 6.07) is 0.488. The third-order valence-corrected chi connectivity index (χ3v) is 1.79. The van der Waals surface area contributed by atoms with Crippen LogP contribution >= 0.6 is 28.3 Å². The highest BCUT2D eigenvalue weighted by atomic mass is 79.9. The van der Waals surface area contributed by atoms with E-state index >= 15 is 0 Å². The van der Waals surface area contributed by atoms with Gasteiger partial charge in [-0.1, -0.05) is 0 Å². The minimum absolute atomic E-state index is 0. The molecule has 0 spiro atoms. The van der Waals surface area contributed by atoms with Crippen LogP contribution in [0, 0.1) is 0 Å². The Bertz CT molecular complexity index is 197. The molecule has 0 aliphatic carbocycles. The van der Waals surface area contributed by atoms with Gasteiger partial charge in [0.05, 0.1) is 0 Å². The lowest BCUT2D eigenvalue weighted by Gasteiger charge is -2.05. The highest BCUT2D eigenvalue weighted by Crippen LogP contribution is 2.12. The van der Waals surface area contributed by atoms with Gasteiger partial charge in [0.15, 0.2) is 4.73 Å². The van der Waals surface area contributed by atoms with Gasteiger partial charge in [-0.2, -0.15) is 0 Å². The first kappa shape index (κ1) is 9.98. The Morgan fingerprint density at radius 2 is 2.20 bits per heavy atom. The SMILES string of the molecule is CC(C)n1ccnc1Br.Cl. The maximum absolute atomic E-state index is 4.02. The number of aromatic nitrogens is 2. The molecule has 10 heavy (non-hydrogen) atoms. The minimum Gasteiger partial charge on any atom is -0.323 e. The van der Waals surface area contributed by atoms with Crippen LogP contribution in [0.2, 0.25) is 0 Å². The van der Waals surface area contributed by atoms with Crippen molar-refractivity contribution in [3.05, 3.63) is 17.1 Å². The average Bonchev–Trinajstić information content (AvgIpc) is 2.13. The van der Waals surface area contributed by atoms with Crippen molar-refractivity contribution in [2.45, 2.75) is 19.9 Å². The first-order valence-electron chi connectivity index (χ1n) is 2.90. The molecule has 0 saturated heterocycles. The number of hydrogen-bond acceptors (Lipinski definition) is 1. The van der Waals surface area contributed by atoms with Crippen molar-refractivity contribution in [3.8, 4) is 0 Å². The topological polar surface area (TPSA) is 17.8 Å². The molecule has 0 N–H and O–H groups in total. The standard InChI is InChI=1S/C6H9BrN2.ClH/c1-5(2)9-4-3-8-6(9)7;/h3-5H,1-2H3;1H. The average molecular weight is 226 g/mol. The van der Waals surface area contributed by atoms with Crippen LogP contribution in [0.5, 0.6) is 0 Å². The lowest BCUT2D eigenvalue weighted by Crippen LogP contribution is -1.98. The van der Waals surface area contributed by atoms with E-state index in [9.17, 15) is 0 Å². The van der Waals surface area contributed by atoms with Gasteiger partial charge in [-0.15, -0.1) is 12.4 Å². The van der Waals surface area contributed by atoms with Gasteiger partial charge < -0.3 is 4.57 Å². The molecule has 0 aromatic carbocycles. The maximum Gasteiger partial charge on any atom is 0.177 e. The maximum atomic E-state index is 4.02. The van der Waals surface area contributed by atoms with Crippen LogP contribution in [-0.4, -0.2) is 9.55 Å². The summed E-state index contributed by atoms with van der Waals surface area (Å²) in [5.41, 5.74) is 0. The van der Waals surface area contributed by atoms with Gasteiger partial charge in [-0.05, 0) is 29.8 Å². The Morgan fingerprint density at radius 3 is 2.40 bits per heavy atom. The van der Waals surface area contributed by atoms with E-state index in [1.807, 2.05) is 6.20 Å². The second-order valence-corrected chi connectivity index (χ2v) is 2.91. The Hall–Kier alpha value is -0.0200. The minimum atomic E-state index is 0. The normalized spacial score (nSPS) is 9.60. The zero-order valence-corrected chi connectivity index (χ0v) is 8.32. The van der Waals surface area contributed by atoms with E-state index in [2.05, 4.69) is 39.3 Å². The summed E-state index contributed by atoms with van der Waals surface area (Å²) in [5.74, 6) is 0. The third-order valence-electron chi connectivity index (χ3n) is 1.18. The van der Waals surface area contributed by atoms with Crippen molar-refractivity contribution >= 4 is 28.3 Å². The number of hydrogen-bond donors (Lipinski definition) is 0. The molecule has 2 nitrogen and oxygen atoms in total. The van der Waals surface area contributed by atoms with Crippen molar-refractivity contribution in [1.29, 1.82) is 0 Å². The zero-order chi connectivity index (χ0) is 6.85. The molecule has 1 rings (SSSR count). The molecule has 0 radical (unpaired) electrons. The van der Waals surface area contributed by atoms with Crippen LogP contribution in [-0.2, 0) is 0 Å². The molecule has 0 bridgehead atoms. The molecule has 0 aliphatic rings. The third kappa shape index (κ3) is 1.99. The summed E-state index contributed by atoms with van der Waals surface area (Å²) >= 11 is 3.32. The number of rotatable bonds is 1. The predicted octanol–water partition coefficient (Wildman–Crippen LogP) is 2.65. The number of halogens is 2. The first-order chi connectivity index (χ1) is 4.22. The molecule has 0 aliphatic heterocycles. The van der Waals surface area contributed by atoms with Gasteiger partial charge in [0, 0.05) is 18.4 Å². The summed E-state index contributed by atoms with van der Waals surface area (Å²) in [4.78, 5) is 4.02. The van der Waals surface area contributed by atoms with Crippen molar-refractivity contribution in [2.75, 3.05) is 0 Å². The molecule has 1 aromatic heterocycles. The fraction of sp³-hybridized carbons (Fsp3) is 0.500. The summed E-state index contributed by atoms with van der Waals surface area (Å²) < 4.78 is 2.96. The van der Waals surface area contributed by atoms with Crippen molar-refractivity contribution in [2.24, 2.45) is 0 Å². The van der Waals surface area contributed by atoms with E-state index in [-0.39, 0.29) is 12.4 Å². The Labute approximate surface area is 75.2 Å². The van der Waals surface area contributed by atoms with Crippen LogP contribution in [0.25, 0.3) is 0 Å². The highest BCUT2D eigenvalue weighted by Gasteiger charge is 1.99. The molecule has 1 heterocycles. The monoisotopic (exact) mass is 224 g/mol. The fourth-order valence-corrected chi connectivity index (χ4v) is 1.33. The zero-order valence-electron chi connectivity index (χ0n) is 5.91. The molecule has 4 heteroatoms. The van der Waals surface area contributed by atoms with Gasteiger partial charge in [0.1, 0.15) is 0 Å². The van der Waals surface area contributed by atoms with E-state index in [0.717, 1.165) is 4.73 Å². The number of nitrogens with zero attached hydrogens (tertiary/aromatic N) is 2. The van der Waals surface area contributed by atoms with E-state index in [0.29, 0.717) is 6.04 Å². The van der Waals surface area contributed by atoms with E-state index in [1.54, 1.807) is 6.20 Å². The molecule has 0 atom stereocenters. The van der Waals surface area contributed by atoms with Gasteiger partial charge in [-0.3, -0.25) is 0 Å². The predicted molar refractivity (Wildman–Crippen MR) is 47.6 cm³/mol. The molecule has 58 valence electrons. The second kappa shape index (κ2) is 3.98. The van der Waals surface area contributed by atoms with Crippen LogP contribution in [0.4, 0.5) is 0 Å². The van der Waals surface area contributed by atoms with Gasteiger partial charge in [0.2, 0.25) is 0 Å². The molecule has 0 amide bonds. The van der Waals surface area contributed by atoms with E-state index < -0.39 is 0 Å². The fourth-order valence-electron chi connectivity index (χ4n) is 0.680.